The zero-order valence-corrected chi connectivity index (χ0v) is 16.0. The van der Waals surface area contributed by atoms with Gasteiger partial charge in [0, 0.05) is 20.8 Å². The Morgan fingerprint density at radius 2 is 1.93 bits per heavy atom. The van der Waals surface area contributed by atoms with Crippen molar-refractivity contribution >= 4 is 49.8 Å². The standard InChI is InChI=1S/C21H15BrN2O3/c1-26-19-8-6-13(16-4-2-3-5-17(16)19)12-23-24-21(25)20-11-14-10-15(22)7-9-18(14)27-20/h2-12H,1H3,(H,24,25)/b23-12+. The summed E-state index contributed by atoms with van der Waals surface area (Å²) >= 11 is 3.40. The first-order valence-corrected chi connectivity index (χ1v) is 9.03. The third-order valence-corrected chi connectivity index (χ3v) is 4.70. The van der Waals surface area contributed by atoms with E-state index in [4.69, 9.17) is 9.15 Å². The fourth-order valence-electron chi connectivity index (χ4n) is 2.93. The Kier molecular flexibility index (Phi) is 4.64. The van der Waals surface area contributed by atoms with Gasteiger partial charge in [0.2, 0.25) is 0 Å². The maximum absolute atomic E-state index is 12.3. The Morgan fingerprint density at radius 1 is 1.11 bits per heavy atom. The minimum atomic E-state index is -0.406. The number of nitrogens with one attached hydrogen (secondary N) is 1. The van der Waals surface area contributed by atoms with Gasteiger partial charge in [-0.2, -0.15) is 5.10 Å². The lowest BCUT2D eigenvalue weighted by Gasteiger charge is -2.07. The summed E-state index contributed by atoms with van der Waals surface area (Å²) in [5.41, 5.74) is 4.03. The number of methoxy groups -OCH3 is 1. The van der Waals surface area contributed by atoms with Crippen LogP contribution in [0.1, 0.15) is 16.1 Å². The van der Waals surface area contributed by atoms with Crippen molar-refractivity contribution in [3.63, 3.8) is 0 Å². The number of hydrogen-bond donors (Lipinski definition) is 1. The van der Waals surface area contributed by atoms with Crippen LogP contribution in [0.4, 0.5) is 0 Å². The number of benzene rings is 3. The molecule has 1 N–H and O–H groups in total. The van der Waals surface area contributed by atoms with Gasteiger partial charge in [-0.1, -0.05) is 40.2 Å². The van der Waals surface area contributed by atoms with E-state index in [1.165, 1.54) is 0 Å². The number of hydrogen-bond acceptors (Lipinski definition) is 4. The first kappa shape index (κ1) is 17.3. The average molecular weight is 423 g/mol. The van der Waals surface area contributed by atoms with Gasteiger partial charge in [-0.25, -0.2) is 5.43 Å². The lowest BCUT2D eigenvalue weighted by atomic mass is 10.0. The smallest absolute Gasteiger partial charge is 0.307 e. The maximum Gasteiger partial charge on any atom is 0.307 e. The predicted octanol–water partition coefficient (Wildman–Crippen LogP) is 5.12. The molecule has 4 aromatic rings. The van der Waals surface area contributed by atoms with Crippen molar-refractivity contribution in [2.45, 2.75) is 0 Å². The van der Waals surface area contributed by atoms with Crippen LogP contribution >= 0.6 is 15.9 Å². The van der Waals surface area contributed by atoms with Crippen LogP contribution in [-0.4, -0.2) is 19.2 Å². The number of ether oxygens (including phenoxy) is 1. The molecule has 0 aliphatic carbocycles. The molecule has 1 heterocycles. The molecule has 0 aliphatic rings. The highest BCUT2D eigenvalue weighted by Crippen LogP contribution is 2.27. The molecule has 0 radical (unpaired) electrons. The van der Waals surface area contributed by atoms with Crippen LogP contribution in [0, 0.1) is 0 Å². The number of hydrazone groups is 1. The van der Waals surface area contributed by atoms with E-state index in [0.717, 1.165) is 31.9 Å². The molecule has 0 unspecified atom stereocenters. The van der Waals surface area contributed by atoms with Gasteiger partial charge in [0.1, 0.15) is 11.3 Å². The maximum atomic E-state index is 12.3. The molecule has 0 bridgehead atoms. The molecule has 0 aliphatic heterocycles. The number of fused-ring (bicyclic) bond motifs is 2. The summed E-state index contributed by atoms with van der Waals surface area (Å²) in [5, 5.41) is 6.90. The molecule has 0 saturated carbocycles. The van der Waals surface area contributed by atoms with Gasteiger partial charge >= 0.3 is 5.91 Å². The van der Waals surface area contributed by atoms with Crippen molar-refractivity contribution < 1.29 is 13.9 Å². The fraction of sp³-hybridized carbons (Fsp3) is 0.0476. The fourth-order valence-corrected chi connectivity index (χ4v) is 3.31. The molecule has 0 saturated heterocycles. The van der Waals surface area contributed by atoms with Crippen LogP contribution in [0.25, 0.3) is 21.7 Å². The summed E-state index contributed by atoms with van der Waals surface area (Å²) in [6, 6.07) is 18.9. The Balaban J connectivity index is 1.56. The normalized spacial score (nSPS) is 11.3. The Morgan fingerprint density at radius 3 is 2.74 bits per heavy atom. The second kappa shape index (κ2) is 7.25. The number of nitrogens with zero attached hydrogens (tertiary/aromatic N) is 1. The topological polar surface area (TPSA) is 63.8 Å². The summed E-state index contributed by atoms with van der Waals surface area (Å²) < 4.78 is 11.9. The van der Waals surface area contributed by atoms with Crippen molar-refractivity contribution in [1.29, 1.82) is 0 Å². The molecular weight excluding hydrogens is 408 g/mol. The van der Waals surface area contributed by atoms with Crippen molar-refractivity contribution in [3.8, 4) is 5.75 Å². The minimum Gasteiger partial charge on any atom is -0.496 e. The van der Waals surface area contributed by atoms with E-state index >= 15 is 0 Å². The van der Waals surface area contributed by atoms with Crippen molar-refractivity contribution in [2.75, 3.05) is 7.11 Å². The van der Waals surface area contributed by atoms with E-state index in [2.05, 4.69) is 26.5 Å². The van der Waals surface area contributed by atoms with E-state index in [1.54, 1.807) is 19.4 Å². The minimum absolute atomic E-state index is 0.208. The molecule has 0 atom stereocenters. The van der Waals surface area contributed by atoms with E-state index in [0.29, 0.717) is 5.58 Å². The quantitative estimate of drug-likeness (QED) is 0.366. The zero-order valence-electron chi connectivity index (χ0n) is 14.4. The van der Waals surface area contributed by atoms with Crippen LogP contribution < -0.4 is 10.2 Å². The highest BCUT2D eigenvalue weighted by atomic mass is 79.9. The summed E-state index contributed by atoms with van der Waals surface area (Å²) in [6.07, 6.45) is 1.61. The Bertz CT molecular complexity index is 1180. The number of amides is 1. The van der Waals surface area contributed by atoms with Gasteiger partial charge in [0.05, 0.1) is 13.3 Å². The first-order valence-electron chi connectivity index (χ1n) is 8.24. The first-order chi connectivity index (χ1) is 13.2. The molecule has 1 aromatic heterocycles. The van der Waals surface area contributed by atoms with Gasteiger partial charge in [0.25, 0.3) is 0 Å². The Hall–Kier alpha value is -3.12. The number of rotatable bonds is 4. The van der Waals surface area contributed by atoms with Gasteiger partial charge in [0.15, 0.2) is 5.76 Å². The molecule has 5 nitrogen and oxygen atoms in total. The molecule has 0 fully saturated rings. The summed E-state index contributed by atoms with van der Waals surface area (Å²) in [7, 11) is 1.64. The van der Waals surface area contributed by atoms with Crippen molar-refractivity contribution in [2.24, 2.45) is 5.10 Å². The van der Waals surface area contributed by atoms with Crippen LogP contribution in [0.15, 0.2) is 74.7 Å². The monoisotopic (exact) mass is 422 g/mol. The lowest BCUT2D eigenvalue weighted by molar-refractivity contribution is 0.0929. The number of carbonyl (C=O) groups is 1. The van der Waals surface area contributed by atoms with Gasteiger partial charge in [-0.05, 0) is 41.8 Å². The van der Waals surface area contributed by atoms with Crippen LogP contribution in [-0.2, 0) is 0 Å². The molecule has 134 valence electrons. The molecule has 6 heteroatoms. The molecule has 3 aromatic carbocycles. The molecule has 4 rings (SSSR count). The summed E-state index contributed by atoms with van der Waals surface area (Å²) in [5.74, 6) is 0.594. The second-order valence-electron chi connectivity index (χ2n) is 5.89. The van der Waals surface area contributed by atoms with Gasteiger partial charge < -0.3 is 9.15 Å². The van der Waals surface area contributed by atoms with Crippen LogP contribution in [0.5, 0.6) is 5.75 Å². The zero-order chi connectivity index (χ0) is 18.8. The largest absolute Gasteiger partial charge is 0.496 e. The highest BCUT2D eigenvalue weighted by molar-refractivity contribution is 9.10. The third-order valence-electron chi connectivity index (χ3n) is 4.21. The molecule has 0 spiro atoms. The number of carbonyl (C=O) groups excluding carboxylic acids is 1. The predicted molar refractivity (Wildman–Crippen MR) is 109 cm³/mol. The number of furan rings is 1. The highest BCUT2D eigenvalue weighted by Gasteiger charge is 2.12. The van der Waals surface area contributed by atoms with Gasteiger partial charge in [-0.15, -0.1) is 0 Å². The number of halogens is 1. The Labute approximate surface area is 163 Å². The molecular formula is C21H15BrN2O3. The second-order valence-corrected chi connectivity index (χ2v) is 6.81. The average Bonchev–Trinajstić information content (AvgIpc) is 3.11. The summed E-state index contributed by atoms with van der Waals surface area (Å²) in [6.45, 7) is 0. The molecule has 27 heavy (non-hydrogen) atoms. The van der Waals surface area contributed by atoms with E-state index in [9.17, 15) is 4.79 Å². The third kappa shape index (κ3) is 3.44. The van der Waals surface area contributed by atoms with Crippen molar-refractivity contribution in [3.05, 3.63) is 76.5 Å². The van der Waals surface area contributed by atoms with E-state index in [-0.39, 0.29) is 5.76 Å². The SMILES string of the molecule is COc1ccc(/C=N/NC(=O)c2cc3cc(Br)ccc3o2)c2ccccc12. The summed E-state index contributed by atoms with van der Waals surface area (Å²) in [4.78, 5) is 12.3. The van der Waals surface area contributed by atoms with E-state index in [1.807, 2.05) is 54.6 Å². The molecule has 1 amide bonds. The van der Waals surface area contributed by atoms with Crippen molar-refractivity contribution in [1.82, 2.24) is 5.43 Å². The van der Waals surface area contributed by atoms with Gasteiger partial charge in [-0.3, -0.25) is 4.79 Å². The van der Waals surface area contributed by atoms with Crippen LogP contribution in [0.2, 0.25) is 0 Å². The lowest BCUT2D eigenvalue weighted by Crippen LogP contribution is -2.16. The van der Waals surface area contributed by atoms with Crippen LogP contribution in [0.3, 0.4) is 0 Å². The van der Waals surface area contributed by atoms with E-state index < -0.39 is 5.91 Å².